The van der Waals surface area contributed by atoms with Crippen molar-refractivity contribution >= 4 is 131 Å². The maximum Gasteiger partial charge on any atom is 0.408 e. The van der Waals surface area contributed by atoms with Crippen molar-refractivity contribution in [1.82, 2.24) is 10.6 Å². The van der Waals surface area contributed by atoms with E-state index >= 15 is 0 Å². The molecule has 0 aromatic heterocycles. The number of hydrogen-bond donors (Lipinski definition) is 4. The Labute approximate surface area is 303 Å². The molecule has 0 saturated heterocycles. The molecule has 0 bridgehead atoms. The van der Waals surface area contributed by atoms with Gasteiger partial charge < -0.3 is 40.1 Å². The Morgan fingerprint density at radius 1 is 0.578 bits per heavy atom. The van der Waals surface area contributed by atoms with E-state index in [9.17, 15) is 9.59 Å². The van der Waals surface area contributed by atoms with Crippen molar-refractivity contribution in [2.45, 2.75) is 0 Å². The summed E-state index contributed by atoms with van der Waals surface area (Å²) in [6.07, 6.45) is 1.64. The first kappa shape index (κ1) is 45.5. The van der Waals surface area contributed by atoms with Crippen molar-refractivity contribution in [1.29, 1.82) is 0 Å². The largest absolute Gasteiger partial charge is 0.449 e. The number of aliphatic hydroxyl groups excluding tert-OH is 2. The summed E-state index contributed by atoms with van der Waals surface area (Å²) in [5.41, 5.74) is 0. The lowest BCUT2D eigenvalue weighted by atomic mass is 10.8. The molecule has 0 aromatic carbocycles. The van der Waals surface area contributed by atoms with E-state index in [0.29, 0.717) is 59.9 Å². The highest BCUT2D eigenvalue weighted by molar-refractivity contribution is 8.22. The number of alkyl carbamates (subject to hydrolysis) is 2. The van der Waals surface area contributed by atoms with Crippen LogP contribution in [-0.2, 0) is 29.0 Å². The van der Waals surface area contributed by atoms with Crippen molar-refractivity contribution in [2.75, 3.05) is 105 Å². The zero-order valence-electron chi connectivity index (χ0n) is 24.6. The lowest BCUT2D eigenvalue weighted by Gasteiger charge is -2.06. The molecule has 2 amide bonds. The average Bonchev–Trinajstić information content (AvgIpc) is 3.04. The van der Waals surface area contributed by atoms with Gasteiger partial charge in [0.2, 0.25) is 12.8 Å². The van der Waals surface area contributed by atoms with Gasteiger partial charge in [-0.25, -0.2) is 19.6 Å². The molecule has 0 aliphatic heterocycles. The lowest BCUT2D eigenvalue weighted by Crippen LogP contribution is -2.24. The zero-order valence-corrected chi connectivity index (χ0v) is 32.0. The van der Waals surface area contributed by atoms with Crippen LogP contribution in [0.25, 0.3) is 0 Å². The minimum Gasteiger partial charge on any atom is -0.449 e. The number of hydrogen-bond acceptors (Lipinski definition) is 21. The van der Waals surface area contributed by atoms with Crippen LogP contribution in [-0.4, -0.2) is 140 Å². The molecule has 0 aliphatic carbocycles. The van der Waals surface area contributed by atoms with Gasteiger partial charge in [0.15, 0.2) is 0 Å². The Morgan fingerprint density at radius 2 is 1.11 bits per heavy atom. The third kappa shape index (κ3) is 40.6. The van der Waals surface area contributed by atoms with E-state index in [2.05, 4.69) is 20.6 Å². The van der Waals surface area contributed by atoms with Gasteiger partial charge in [0.25, 0.3) is 0 Å². The maximum absolute atomic E-state index is 11.7. The summed E-state index contributed by atoms with van der Waals surface area (Å²) < 4.78 is 10.1. The Bertz CT molecular complexity index is 728. The number of amides is 2. The van der Waals surface area contributed by atoms with Crippen LogP contribution in [0.1, 0.15) is 0 Å². The van der Waals surface area contributed by atoms with Gasteiger partial charge >= 0.3 is 12.2 Å². The van der Waals surface area contributed by atoms with Crippen LogP contribution in [0.2, 0.25) is 0 Å². The molecule has 0 heterocycles. The number of thioether (sulfide) groups is 9. The first-order valence-electron chi connectivity index (χ1n) is 13.0. The van der Waals surface area contributed by atoms with Crippen LogP contribution in [0.5, 0.6) is 0 Å². The molecule has 0 rings (SSSR count). The molecule has 0 aliphatic rings. The molecule has 0 fully saturated rings. The number of ether oxygens (including phenoxy) is 2. The molecule has 0 radical (unpaired) electrons. The number of carbonyl (C=O) groups is 2. The fourth-order valence-electron chi connectivity index (χ4n) is 1.93. The predicted octanol–water partition coefficient (Wildman–Crippen LogP) is 4.55. The minimum absolute atomic E-state index is 0.124. The van der Waals surface area contributed by atoms with E-state index in [1.807, 2.05) is 0 Å². The SMILES string of the molecule is O=C(NCSCSC/N=C/OOCSCSCSCOC(=O)NCSCSC/N=C\OOCCSCCO)OCCSCCO. The second-order valence-electron chi connectivity index (χ2n) is 6.98. The molecule has 0 aromatic rings. The number of nitrogens with one attached hydrogen (secondary N) is 2. The molecule has 45 heavy (non-hydrogen) atoms. The first-order chi connectivity index (χ1) is 22.2. The van der Waals surface area contributed by atoms with Gasteiger partial charge in [-0.05, 0) is 0 Å². The maximum atomic E-state index is 11.7. The zero-order chi connectivity index (χ0) is 32.7. The molecule has 14 nitrogen and oxygen atoms in total. The Morgan fingerprint density at radius 3 is 1.73 bits per heavy atom. The fourth-order valence-corrected chi connectivity index (χ4v) is 8.65. The molecule has 0 spiro atoms. The highest BCUT2D eigenvalue weighted by atomic mass is 32.2. The van der Waals surface area contributed by atoms with Crippen LogP contribution < -0.4 is 10.6 Å². The molecule has 0 atom stereocenters. The van der Waals surface area contributed by atoms with E-state index < -0.39 is 12.2 Å². The molecule has 0 saturated carbocycles. The second kappa shape index (κ2) is 40.6. The standard InChI is InChI=1S/C22H42N4O10S9/c27-1-5-37-7-3-31-21(29)25-13-41-17-40-12-24-10-35-36-16-44-20-45-19-43-15-32-22(30)26-14-42-18-39-11-23-9-34-33-4-8-38-6-2-28/h9-10,27-28H,1-8,11-20H2,(H,25,29)(H,26,30)/b23-9-,24-10+. The molecule has 0 unspecified atom stereocenters. The van der Waals surface area contributed by atoms with Gasteiger partial charge in [0, 0.05) is 43.4 Å². The number of carbonyl (C=O) groups excluding carboxylic acids is 2. The van der Waals surface area contributed by atoms with Crippen LogP contribution in [0.4, 0.5) is 9.59 Å². The summed E-state index contributed by atoms with van der Waals surface area (Å²) in [5.74, 6) is 5.32. The normalized spacial score (nSPS) is 11.2. The predicted molar refractivity (Wildman–Crippen MR) is 201 cm³/mol. The van der Waals surface area contributed by atoms with E-state index in [4.69, 9.17) is 39.2 Å². The summed E-state index contributed by atoms with van der Waals surface area (Å²) in [6, 6.07) is 0. The van der Waals surface area contributed by atoms with Crippen molar-refractivity contribution in [3.05, 3.63) is 0 Å². The summed E-state index contributed by atoms with van der Waals surface area (Å²) in [6.45, 7) is 1.04. The number of aliphatic hydroxyl groups is 2. The number of aliphatic imine (C=N–C) groups is 2. The number of nitrogens with zero attached hydrogens (tertiary/aromatic N) is 2. The van der Waals surface area contributed by atoms with Gasteiger partial charge in [0.05, 0.1) is 36.7 Å². The molecular weight excluding hydrogens is 769 g/mol. The van der Waals surface area contributed by atoms with Crippen molar-refractivity contribution in [3.8, 4) is 0 Å². The third-order valence-corrected chi connectivity index (χ3v) is 12.7. The average molecular weight is 811 g/mol. The smallest absolute Gasteiger partial charge is 0.408 e. The molecule has 264 valence electrons. The van der Waals surface area contributed by atoms with Crippen molar-refractivity contribution in [2.24, 2.45) is 9.98 Å². The minimum atomic E-state index is -0.444. The lowest BCUT2D eigenvalue weighted by molar-refractivity contribution is -0.210. The van der Waals surface area contributed by atoms with E-state index in [-0.39, 0.29) is 19.2 Å². The van der Waals surface area contributed by atoms with Gasteiger partial charge in [0.1, 0.15) is 25.1 Å². The summed E-state index contributed by atoms with van der Waals surface area (Å²) in [5, 5.41) is 25.8. The molecule has 23 heteroatoms. The first-order valence-corrected chi connectivity index (χ1v) is 23.4. The summed E-state index contributed by atoms with van der Waals surface area (Å²) >= 11 is 14.1. The monoisotopic (exact) mass is 810 g/mol. The Balaban J connectivity index is 3.27. The second-order valence-corrected chi connectivity index (χ2v) is 17.6. The Hall–Kier alpha value is 0.470. The quantitative estimate of drug-likeness (QED) is 0.0178. The highest BCUT2D eigenvalue weighted by Crippen LogP contribution is 2.18. The van der Waals surface area contributed by atoms with Gasteiger partial charge in [-0.2, -0.15) is 33.3 Å². The van der Waals surface area contributed by atoms with E-state index in [1.54, 1.807) is 82.3 Å². The Kier molecular flexibility index (Phi) is 41.1. The topological polar surface area (TPSA) is 179 Å². The van der Waals surface area contributed by atoms with Gasteiger partial charge in [-0.15, -0.1) is 82.3 Å². The van der Waals surface area contributed by atoms with Crippen LogP contribution >= 0.6 is 106 Å². The molecular formula is C22H42N4O10S9. The van der Waals surface area contributed by atoms with Crippen LogP contribution in [0.15, 0.2) is 9.98 Å². The molecule has 4 N–H and O–H groups in total. The van der Waals surface area contributed by atoms with Crippen LogP contribution in [0, 0.1) is 0 Å². The van der Waals surface area contributed by atoms with Crippen molar-refractivity contribution < 1.29 is 48.8 Å². The highest BCUT2D eigenvalue weighted by Gasteiger charge is 2.02. The number of rotatable bonds is 34. The summed E-state index contributed by atoms with van der Waals surface area (Å²) in [4.78, 5) is 50.9. The van der Waals surface area contributed by atoms with Gasteiger partial charge in [-0.1, -0.05) is 0 Å². The van der Waals surface area contributed by atoms with Gasteiger partial charge in [-0.3, -0.25) is 0 Å². The van der Waals surface area contributed by atoms with Crippen molar-refractivity contribution in [3.63, 3.8) is 0 Å². The van der Waals surface area contributed by atoms with E-state index in [1.165, 1.54) is 36.3 Å². The summed E-state index contributed by atoms with van der Waals surface area (Å²) in [7, 11) is 0. The third-order valence-electron chi connectivity index (χ3n) is 3.65. The van der Waals surface area contributed by atoms with Crippen LogP contribution in [0.3, 0.4) is 0 Å². The fraction of sp³-hybridized carbons (Fsp3) is 0.818. The van der Waals surface area contributed by atoms with E-state index in [0.717, 1.165) is 26.1 Å².